The lowest BCUT2D eigenvalue weighted by molar-refractivity contribution is 0.102. The molecule has 3 aromatic heterocycles. The number of benzene rings is 1. The van der Waals surface area contributed by atoms with Crippen LogP contribution in [0.5, 0.6) is 0 Å². The van der Waals surface area contributed by atoms with Crippen molar-refractivity contribution in [2.45, 2.75) is 18.8 Å². The van der Waals surface area contributed by atoms with E-state index in [1.54, 1.807) is 29.0 Å². The molecular formula is C19H15N5O. The highest BCUT2D eigenvalue weighted by molar-refractivity contribution is 6.12. The Bertz CT molecular complexity index is 1110. The van der Waals surface area contributed by atoms with Crippen LogP contribution in [0.3, 0.4) is 0 Å². The van der Waals surface area contributed by atoms with Gasteiger partial charge in [0.2, 0.25) is 0 Å². The van der Waals surface area contributed by atoms with Gasteiger partial charge in [-0.25, -0.2) is 4.98 Å². The number of fused-ring (bicyclic) bond motifs is 2. The number of carbonyl (C=O) groups is 1. The Morgan fingerprint density at radius 1 is 1.12 bits per heavy atom. The van der Waals surface area contributed by atoms with Gasteiger partial charge in [-0.3, -0.25) is 9.78 Å². The zero-order chi connectivity index (χ0) is 16.8. The third kappa shape index (κ3) is 2.42. The normalized spacial score (nSPS) is 14.1. The smallest absolute Gasteiger partial charge is 0.257 e. The van der Waals surface area contributed by atoms with Crippen LogP contribution in [0.2, 0.25) is 0 Å². The maximum Gasteiger partial charge on any atom is 0.257 e. The number of carbonyl (C=O) groups excluding carboxylic acids is 1. The van der Waals surface area contributed by atoms with Crippen LogP contribution in [-0.2, 0) is 0 Å². The largest absolute Gasteiger partial charge is 0.306 e. The van der Waals surface area contributed by atoms with Crippen molar-refractivity contribution in [3.63, 3.8) is 0 Å². The number of rotatable bonds is 3. The predicted octanol–water partition coefficient (Wildman–Crippen LogP) is 3.41. The molecule has 6 heteroatoms. The Labute approximate surface area is 143 Å². The lowest BCUT2D eigenvalue weighted by Crippen LogP contribution is -2.16. The summed E-state index contributed by atoms with van der Waals surface area (Å²) in [6.45, 7) is 0. The monoisotopic (exact) mass is 329 g/mol. The molecule has 0 atom stereocenters. The standard InChI is InChI=1S/C19H15N5O/c25-19(23-18-7-9-20-17-8-10-21-24(17)18)14-11-16(12-5-6-12)22-15-4-2-1-3-13(14)15/h1-4,7-12H,5-6H2,(H,23,25). The van der Waals surface area contributed by atoms with Gasteiger partial charge in [0.1, 0.15) is 5.82 Å². The number of aromatic nitrogens is 4. The van der Waals surface area contributed by atoms with Crippen molar-refractivity contribution in [1.82, 2.24) is 19.6 Å². The summed E-state index contributed by atoms with van der Waals surface area (Å²) in [5.74, 6) is 0.910. The second-order valence-corrected chi connectivity index (χ2v) is 6.27. The number of pyridine rings is 1. The molecule has 1 aliphatic carbocycles. The topological polar surface area (TPSA) is 72.2 Å². The van der Waals surface area contributed by atoms with Crippen molar-refractivity contribution in [2.75, 3.05) is 5.32 Å². The quantitative estimate of drug-likeness (QED) is 0.625. The van der Waals surface area contributed by atoms with E-state index in [2.05, 4.69) is 15.4 Å². The van der Waals surface area contributed by atoms with Crippen LogP contribution in [-0.4, -0.2) is 25.5 Å². The molecule has 1 fully saturated rings. The highest BCUT2D eigenvalue weighted by Crippen LogP contribution is 2.40. The highest BCUT2D eigenvalue weighted by Gasteiger charge is 2.27. The number of hydrogen-bond acceptors (Lipinski definition) is 4. The molecule has 0 radical (unpaired) electrons. The number of nitrogens with one attached hydrogen (secondary N) is 1. The fraction of sp³-hybridized carbons (Fsp3) is 0.158. The van der Waals surface area contributed by atoms with Crippen molar-refractivity contribution in [2.24, 2.45) is 0 Å². The van der Waals surface area contributed by atoms with Crippen molar-refractivity contribution >= 4 is 28.3 Å². The minimum Gasteiger partial charge on any atom is -0.306 e. The first-order valence-electron chi connectivity index (χ1n) is 8.29. The lowest BCUT2D eigenvalue weighted by atomic mass is 10.1. The molecule has 6 nitrogen and oxygen atoms in total. The van der Waals surface area contributed by atoms with Crippen molar-refractivity contribution < 1.29 is 4.79 Å². The summed E-state index contributed by atoms with van der Waals surface area (Å²) >= 11 is 0. The summed E-state index contributed by atoms with van der Waals surface area (Å²) in [4.78, 5) is 21.9. The van der Waals surface area contributed by atoms with E-state index in [0.717, 1.165) is 29.4 Å². The van der Waals surface area contributed by atoms with Gasteiger partial charge in [-0.1, -0.05) is 18.2 Å². The zero-order valence-electron chi connectivity index (χ0n) is 13.4. The Morgan fingerprint density at radius 3 is 2.88 bits per heavy atom. The molecule has 1 aromatic carbocycles. The van der Waals surface area contributed by atoms with Crippen molar-refractivity contribution in [3.05, 3.63) is 66.1 Å². The van der Waals surface area contributed by atoms with Gasteiger partial charge < -0.3 is 5.32 Å². The summed E-state index contributed by atoms with van der Waals surface area (Å²) in [7, 11) is 0. The molecule has 1 amide bonds. The summed E-state index contributed by atoms with van der Waals surface area (Å²) in [6, 6.07) is 13.2. The number of hydrogen-bond donors (Lipinski definition) is 1. The summed E-state index contributed by atoms with van der Waals surface area (Å²) in [5.41, 5.74) is 3.19. The van der Waals surface area contributed by atoms with Crippen molar-refractivity contribution in [3.8, 4) is 0 Å². The molecular weight excluding hydrogens is 314 g/mol. The highest BCUT2D eigenvalue weighted by atomic mass is 16.1. The second kappa shape index (κ2) is 5.37. The van der Waals surface area contributed by atoms with E-state index < -0.39 is 0 Å². The van der Waals surface area contributed by atoms with Gasteiger partial charge >= 0.3 is 0 Å². The average molecular weight is 329 g/mol. The van der Waals surface area contributed by atoms with Crippen LogP contribution in [0, 0.1) is 0 Å². The Hall–Kier alpha value is -3.28. The van der Waals surface area contributed by atoms with Crippen LogP contribution in [0.25, 0.3) is 16.6 Å². The Kier molecular flexibility index (Phi) is 3.03. The van der Waals surface area contributed by atoms with Crippen LogP contribution in [0.15, 0.2) is 54.9 Å². The van der Waals surface area contributed by atoms with Gasteiger partial charge in [0, 0.05) is 29.3 Å². The molecule has 1 saturated carbocycles. The van der Waals surface area contributed by atoms with Gasteiger partial charge in [0.25, 0.3) is 5.91 Å². The zero-order valence-corrected chi connectivity index (χ0v) is 13.4. The molecule has 3 heterocycles. The summed E-state index contributed by atoms with van der Waals surface area (Å²) in [5, 5.41) is 8.03. The molecule has 25 heavy (non-hydrogen) atoms. The van der Waals surface area contributed by atoms with E-state index in [4.69, 9.17) is 4.98 Å². The van der Waals surface area contributed by atoms with Crippen molar-refractivity contribution in [1.29, 1.82) is 0 Å². The van der Waals surface area contributed by atoms with E-state index in [1.807, 2.05) is 30.3 Å². The van der Waals surface area contributed by atoms with Gasteiger partial charge in [0.15, 0.2) is 5.65 Å². The van der Waals surface area contributed by atoms with Crippen LogP contribution in [0.1, 0.15) is 34.8 Å². The first kappa shape index (κ1) is 14.1. The molecule has 4 aromatic rings. The third-order valence-electron chi connectivity index (χ3n) is 4.51. The van der Waals surface area contributed by atoms with Crippen LogP contribution >= 0.6 is 0 Å². The molecule has 0 unspecified atom stereocenters. The summed E-state index contributed by atoms with van der Waals surface area (Å²) < 4.78 is 1.61. The predicted molar refractivity (Wildman–Crippen MR) is 94.7 cm³/mol. The minimum absolute atomic E-state index is 0.163. The van der Waals surface area contributed by atoms with E-state index >= 15 is 0 Å². The SMILES string of the molecule is O=C(Nc1ccnc2ccnn12)c1cc(C2CC2)nc2ccccc12. The van der Waals surface area contributed by atoms with Gasteiger partial charge in [0.05, 0.1) is 17.3 Å². The molecule has 0 spiro atoms. The van der Waals surface area contributed by atoms with E-state index in [0.29, 0.717) is 22.9 Å². The minimum atomic E-state index is -0.163. The molecule has 0 aliphatic heterocycles. The number of amides is 1. The summed E-state index contributed by atoms with van der Waals surface area (Å²) in [6.07, 6.45) is 5.60. The number of para-hydroxylation sites is 1. The Balaban J connectivity index is 1.60. The lowest BCUT2D eigenvalue weighted by Gasteiger charge is -2.11. The Morgan fingerprint density at radius 2 is 2.00 bits per heavy atom. The molecule has 122 valence electrons. The van der Waals surface area contributed by atoms with E-state index in [-0.39, 0.29) is 5.91 Å². The fourth-order valence-corrected chi connectivity index (χ4v) is 3.08. The second-order valence-electron chi connectivity index (χ2n) is 6.27. The fourth-order valence-electron chi connectivity index (χ4n) is 3.08. The van der Waals surface area contributed by atoms with E-state index in [1.165, 1.54) is 0 Å². The average Bonchev–Trinajstić information content (AvgIpc) is 3.38. The molecule has 5 rings (SSSR count). The first-order chi connectivity index (χ1) is 12.3. The number of anilines is 1. The number of nitrogens with zero attached hydrogens (tertiary/aromatic N) is 4. The maximum atomic E-state index is 13.0. The maximum absolute atomic E-state index is 13.0. The molecule has 1 aliphatic rings. The van der Waals surface area contributed by atoms with Gasteiger partial charge in [-0.05, 0) is 31.0 Å². The molecule has 0 bridgehead atoms. The molecule has 1 N–H and O–H groups in total. The van der Waals surface area contributed by atoms with Crippen LogP contribution < -0.4 is 5.32 Å². The first-order valence-corrected chi connectivity index (χ1v) is 8.29. The molecule has 0 saturated heterocycles. The van der Waals surface area contributed by atoms with Crippen LogP contribution in [0.4, 0.5) is 5.82 Å². The van der Waals surface area contributed by atoms with Gasteiger partial charge in [-0.15, -0.1) is 0 Å². The van der Waals surface area contributed by atoms with E-state index in [9.17, 15) is 4.79 Å². The van der Waals surface area contributed by atoms with Gasteiger partial charge in [-0.2, -0.15) is 9.61 Å². The third-order valence-corrected chi connectivity index (χ3v) is 4.51.